The molecule has 3 rings (SSSR count). The lowest BCUT2D eigenvalue weighted by atomic mass is 9.88. The summed E-state index contributed by atoms with van der Waals surface area (Å²) >= 11 is 0. The predicted octanol–water partition coefficient (Wildman–Crippen LogP) is 1.40. The van der Waals surface area contributed by atoms with Gasteiger partial charge in [-0.15, -0.1) is 0 Å². The van der Waals surface area contributed by atoms with Crippen LogP contribution in [-0.4, -0.2) is 34.1 Å². The van der Waals surface area contributed by atoms with Crippen molar-refractivity contribution in [2.75, 3.05) is 4.90 Å². The summed E-state index contributed by atoms with van der Waals surface area (Å²) in [5.41, 5.74) is 5.89. The van der Waals surface area contributed by atoms with Crippen LogP contribution in [0.25, 0.3) is 0 Å². The van der Waals surface area contributed by atoms with Crippen molar-refractivity contribution in [1.82, 2.24) is 4.98 Å². The Balaban J connectivity index is 1.86. The largest absolute Gasteiger partial charge is 0.481 e. The van der Waals surface area contributed by atoms with Gasteiger partial charge in [0.05, 0.1) is 5.56 Å². The number of carbonyl (C=O) groups is 2. The Labute approximate surface area is 123 Å². The fourth-order valence-corrected chi connectivity index (χ4v) is 3.84. The van der Waals surface area contributed by atoms with Crippen LogP contribution >= 0.6 is 0 Å². The van der Waals surface area contributed by atoms with Crippen molar-refractivity contribution in [3.63, 3.8) is 0 Å². The number of amides is 1. The van der Waals surface area contributed by atoms with Gasteiger partial charge in [0.1, 0.15) is 5.82 Å². The summed E-state index contributed by atoms with van der Waals surface area (Å²) in [7, 11) is 0. The number of hydrogen-bond acceptors (Lipinski definition) is 4. The van der Waals surface area contributed by atoms with Crippen molar-refractivity contribution in [2.45, 2.75) is 44.2 Å². The second-order valence-electron chi connectivity index (χ2n) is 5.97. The first kappa shape index (κ1) is 13.9. The quantitative estimate of drug-likeness (QED) is 0.873. The third-order valence-electron chi connectivity index (χ3n) is 4.59. The molecular formula is C15H19N3O3. The number of rotatable bonds is 4. The van der Waals surface area contributed by atoms with E-state index in [4.69, 9.17) is 10.8 Å². The maximum atomic E-state index is 11.6. The van der Waals surface area contributed by atoms with E-state index in [1.54, 1.807) is 18.3 Å². The summed E-state index contributed by atoms with van der Waals surface area (Å²) in [6.07, 6.45) is 5.64. The van der Waals surface area contributed by atoms with Gasteiger partial charge in [0.15, 0.2) is 0 Å². The van der Waals surface area contributed by atoms with E-state index < -0.39 is 11.9 Å². The number of pyridine rings is 1. The molecular weight excluding hydrogens is 270 g/mol. The molecule has 21 heavy (non-hydrogen) atoms. The molecule has 112 valence electrons. The topological polar surface area (TPSA) is 96.5 Å². The molecule has 2 saturated heterocycles. The minimum atomic E-state index is -0.733. The highest BCUT2D eigenvalue weighted by Crippen LogP contribution is 2.42. The van der Waals surface area contributed by atoms with Gasteiger partial charge < -0.3 is 15.7 Å². The smallest absolute Gasteiger partial charge is 0.303 e. The van der Waals surface area contributed by atoms with Crippen LogP contribution in [0.2, 0.25) is 0 Å². The highest BCUT2D eigenvalue weighted by molar-refractivity contribution is 5.97. The van der Waals surface area contributed by atoms with Crippen LogP contribution in [0.3, 0.4) is 0 Å². The van der Waals surface area contributed by atoms with Crippen LogP contribution in [0.4, 0.5) is 5.82 Å². The average molecular weight is 289 g/mol. The number of aromatic nitrogens is 1. The normalized spacial score (nSPS) is 27.6. The lowest BCUT2D eigenvalue weighted by Gasteiger charge is -2.40. The van der Waals surface area contributed by atoms with Gasteiger partial charge in [-0.1, -0.05) is 0 Å². The molecule has 2 fully saturated rings. The fraction of sp³-hybridized carbons (Fsp3) is 0.533. The van der Waals surface area contributed by atoms with Crippen LogP contribution in [0.15, 0.2) is 18.3 Å². The number of carboxylic acid groups (broad SMARTS) is 1. The van der Waals surface area contributed by atoms with E-state index >= 15 is 0 Å². The summed E-state index contributed by atoms with van der Waals surface area (Å²) in [5, 5.41) is 8.97. The fourth-order valence-electron chi connectivity index (χ4n) is 3.84. The molecule has 6 nitrogen and oxygen atoms in total. The molecule has 2 atom stereocenters. The Morgan fingerprint density at radius 3 is 2.57 bits per heavy atom. The van der Waals surface area contributed by atoms with Crippen molar-refractivity contribution < 1.29 is 14.7 Å². The SMILES string of the molecule is NC(=O)c1cccnc1N1C2CCC1CC(CC(=O)O)C2. The molecule has 0 saturated carbocycles. The Morgan fingerprint density at radius 2 is 2.00 bits per heavy atom. The van der Waals surface area contributed by atoms with E-state index in [0.29, 0.717) is 11.4 Å². The maximum Gasteiger partial charge on any atom is 0.303 e. The Morgan fingerprint density at radius 1 is 1.33 bits per heavy atom. The van der Waals surface area contributed by atoms with E-state index in [-0.39, 0.29) is 24.4 Å². The van der Waals surface area contributed by atoms with Crippen molar-refractivity contribution in [1.29, 1.82) is 0 Å². The van der Waals surface area contributed by atoms with Gasteiger partial charge in [-0.05, 0) is 43.7 Å². The van der Waals surface area contributed by atoms with Crippen LogP contribution in [-0.2, 0) is 4.79 Å². The summed E-state index contributed by atoms with van der Waals surface area (Å²) in [6.45, 7) is 0. The van der Waals surface area contributed by atoms with Crippen molar-refractivity contribution >= 4 is 17.7 Å². The summed E-state index contributed by atoms with van der Waals surface area (Å²) in [5.74, 6) is -0.322. The van der Waals surface area contributed by atoms with Gasteiger partial charge in [-0.3, -0.25) is 9.59 Å². The molecule has 1 amide bonds. The molecule has 2 aliphatic heterocycles. The minimum absolute atomic E-state index is 0.219. The van der Waals surface area contributed by atoms with Gasteiger partial charge in [-0.25, -0.2) is 4.98 Å². The zero-order chi connectivity index (χ0) is 15.0. The summed E-state index contributed by atoms with van der Waals surface area (Å²) in [4.78, 5) is 29.0. The zero-order valence-corrected chi connectivity index (χ0v) is 11.7. The maximum absolute atomic E-state index is 11.6. The first-order valence-electron chi connectivity index (χ1n) is 7.31. The van der Waals surface area contributed by atoms with E-state index in [9.17, 15) is 9.59 Å². The summed E-state index contributed by atoms with van der Waals surface area (Å²) < 4.78 is 0. The van der Waals surface area contributed by atoms with E-state index in [2.05, 4.69) is 9.88 Å². The van der Waals surface area contributed by atoms with Crippen molar-refractivity contribution in [3.05, 3.63) is 23.9 Å². The minimum Gasteiger partial charge on any atom is -0.481 e. The first-order chi connectivity index (χ1) is 10.1. The Kier molecular flexibility index (Phi) is 3.53. The molecule has 2 aliphatic rings. The number of nitrogens with zero attached hydrogens (tertiary/aromatic N) is 2. The number of carboxylic acids is 1. The van der Waals surface area contributed by atoms with Crippen molar-refractivity contribution in [3.8, 4) is 0 Å². The van der Waals surface area contributed by atoms with Gasteiger partial charge >= 0.3 is 5.97 Å². The standard InChI is InChI=1S/C15H19N3O3/c16-14(21)12-2-1-5-17-15(12)18-10-3-4-11(18)7-9(6-10)8-13(19)20/h1-2,5,9-11H,3-4,6-8H2,(H2,16,21)(H,19,20). The van der Waals surface area contributed by atoms with E-state index in [0.717, 1.165) is 25.7 Å². The van der Waals surface area contributed by atoms with Gasteiger partial charge in [0, 0.05) is 24.7 Å². The third kappa shape index (κ3) is 2.57. The number of piperidine rings is 1. The first-order valence-corrected chi connectivity index (χ1v) is 7.31. The number of primary amides is 1. The molecule has 0 aliphatic carbocycles. The highest BCUT2D eigenvalue weighted by atomic mass is 16.4. The molecule has 1 aromatic rings. The zero-order valence-electron chi connectivity index (χ0n) is 11.7. The second kappa shape index (κ2) is 5.35. The molecule has 0 aromatic carbocycles. The Hall–Kier alpha value is -2.11. The highest BCUT2D eigenvalue weighted by Gasteiger charge is 2.42. The molecule has 2 unspecified atom stereocenters. The van der Waals surface area contributed by atoms with Gasteiger partial charge in [0.2, 0.25) is 0 Å². The molecule has 0 spiro atoms. The number of hydrogen-bond donors (Lipinski definition) is 2. The van der Waals surface area contributed by atoms with Crippen LogP contribution in [0.5, 0.6) is 0 Å². The number of aliphatic carboxylic acids is 1. The lowest BCUT2D eigenvalue weighted by molar-refractivity contribution is -0.138. The van der Waals surface area contributed by atoms with E-state index in [1.807, 2.05) is 0 Å². The average Bonchev–Trinajstić information content (AvgIpc) is 2.69. The lowest BCUT2D eigenvalue weighted by Crippen LogP contribution is -2.44. The molecule has 3 heterocycles. The second-order valence-corrected chi connectivity index (χ2v) is 5.97. The van der Waals surface area contributed by atoms with Crippen LogP contribution in [0.1, 0.15) is 42.5 Å². The molecule has 1 aromatic heterocycles. The van der Waals surface area contributed by atoms with Gasteiger partial charge in [0.25, 0.3) is 5.91 Å². The number of nitrogens with two attached hydrogens (primary N) is 1. The Bertz CT molecular complexity index is 561. The molecule has 3 N–H and O–H groups in total. The van der Waals surface area contributed by atoms with Crippen LogP contribution < -0.4 is 10.6 Å². The molecule has 6 heteroatoms. The monoisotopic (exact) mass is 289 g/mol. The van der Waals surface area contributed by atoms with Crippen LogP contribution in [0, 0.1) is 5.92 Å². The summed E-state index contributed by atoms with van der Waals surface area (Å²) in [6, 6.07) is 3.94. The molecule has 0 radical (unpaired) electrons. The predicted molar refractivity (Wildman–Crippen MR) is 77.0 cm³/mol. The van der Waals surface area contributed by atoms with Gasteiger partial charge in [-0.2, -0.15) is 0 Å². The number of fused-ring (bicyclic) bond motifs is 2. The van der Waals surface area contributed by atoms with E-state index in [1.165, 1.54) is 0 Å². The third-order valence-corrected chi connectivity index (χ3v) is 4.59. The molecule has 2 bridgehead atoms. The number of carbonyl (C=O) groups excluding carboxylic acids is 1. The van der Waals surface area contributed by atoms with Crippen molar-refractivity contribution in [2.24, 2.45) is 11.7 Å². The number of anilines is 1.